The van der Waals surface area contributed by atoms with Gasteiger partial charge in [-0.05, 0) is 112 Å². The number of rotatable bonds is 21. The Labute approximate surface area is 387 Å². The Morgan fingerprint density at radius 3 is 2.17 bits per heavy atom. The van der Waals surface area contributed by atoms with Gasteiger partial charge in [0.05, 0.1) is 19.4 Å². The fourth-order valence-corrected chi connectivity index (χ4v) is 10.5. The summed E-state index contributed by atoms with van der Waals surface area (Å²) in [6, 6.07) is 0. The molecule has 0 spiro atoms. The summed E-state index contributed by atoms with van der Waals surface area (Å²) in [6.07, 6.45) is 22.2. The second-order valence-electron chi connectivity index (χ2n) is 20.1. The third-order valence-corrected chi connectivity index (χ3v) is 14.7. The summed E-state index contributed by atoms with van der Waals surface area (Å²) in [4.78, 5) is 39.0. The van der Waals surface area contributed by atoms with Crippen molar-refractivity contribution < 1.29 is 29.3 Å². The van der Waals surface area contributed by atoms with Gasteiger partial charge in [0.15, 0.2) is 5.78 Å². The van der Waals surface area contributed by atoms with Crippen LogP contribution in [0.15, 0.2) is 29.6 Å². The first-order valence-electron chi connectivity index (χ1n) is 24.5. The van der Waals surface area contributed by atoms with Crippen molar-refractivity contribution in [2.45, 2.75) is 152 Å². The van der Waals surface area contributed by atoms with Gasteiger partial charge < -0.3 is 40.0 Å². The number of ether oxygens (including phenoxy) is 2. The highest BCUT2D eigenvalue weighted by molar-refractivity contribution is 6.24. The van der Waals surface area contributed by atoms with Gasteiger partial charge in [0.25, 0.3) is 5.97 Å². The lowest BCUT2D eigenvalue weighted by Crippen LogP contribution is -2.33. The van der Waals surface area contributed by atoms with E-state index in [2.05, 4.69) is 107 Å². The smallest absolute Gasteiger partial charge is 0.321 e. The highest BCUT2D eigenvalue weighted by Gasteiger charge is 2.49. The second kappa shape index (κ2) is 21.3. The number of carbonyl (C=O) groups excluding carboxylic acids is 2. The van der Waals surface area contributed by atoms with Crippen molar-refractivity contribution >= 4 is 41.6 Å². The quantitative estimate of drug-likeness (QED) is 0.0270. The molecule has 0 saturated carbocycles. The number of fused-ring (bicyclic) bond motifs is 7. The molecule has 10 nitrogen and oxygen atoms in total. The average Bonchev–Trinajstić information content (AvgIpc) is 3.99. The van der Waals surface area contributed by atoms with E-state index >= 15 is 0 Å². The van der Waals surface area contributed by atoms with Crippen LogP contribution in [0.1, 0.15) is 180 Å². The molecule has 8 bridgehead atoms. The normalized spacial score (nSPS) is 22.2. The van der Waals surface area contributed by atoms with Crippen molar-refractivity contribution in [1.82, 2.24) is 20.3 Å². The minimum absolute atomic E-state index is 0.0719. The van der Waals surface area contributed by atoms with Gasteiger partial charge in [-0.1, -0.05) is 111 Å². The third kappa shape index (κ3) is 11.1. The molecule has 0 amide bonds. The van der Waals surface area contributed by atoms with Crippen LogP contribution in [0, 0.1) is 56.3 Å². The van der Waals surface area contributed by atoms with Crippen LogP contribution in [0.4, 0.5) is 0 Å². The standard InChI is InChI=1S/C55H78N4O6/c1-13-39-35(8)42-28-44-37(10)41(24-26-55(62,63)65-27-25-34(7)23-17-22-33(6)21-16-20-32(5)19-15-18-31(3)4)51(58-44)49-50(54(61)64-12)53(60)48-38(11)45(59-52(48)49)30-47-40(14-2)36(9)43(57-47)29-46(39)56-42/h13,25,28-33,37,41,50,56-59,62-63H,1,14-24,26-27H2,2-12H3/b34-25-,43-29-,44-28-,47-30-,51-49-/t32-,33-,37+,41+,50-/m1/s1. The molecule has 10 heteroatoms. The molecule has 3 aliphatic rings. The van der Waals surface area contributed by atoms with Crippen LogP contribution in [0.2, 0.25) is 0 Å². The van der Waals surface area contributed by atoms with Gasteiger partial charge in [-0.3, -0.25) is 9.59 Å². The zero-order valence-corrected chi connectivity index (χ0v) is 41.3. The maximum atomic E-state index is 14.4. The first-order chi connectivity index (χ1) is 30.9. The van der Waals surface area contributed by atoms with E-state index in [4.69, 9.17) is 9.47 Å². The summed E-state index contributed by atoms with van der Waals surface area (Å²) in [7, 11) is 1.30. The molecule has 65 heavy (non-hydrogen) atoms. The van der Waals surface area contributed by atoms with Crippen LogP contribution in [-0.2, 0) is 20.7 Å². The molecule has 1 saturated heterocycles. The molecule has 1 fully saturated rings. The highest BCUT2D eigenvalue weighted by atomic mass is 16.8. The number of nitrogens with one attached hydrogen (secondary N) is 4. The van der Waals surface area contributed by atoms with Gasteiger partial charge >= 0.3 is 5.97 Å². The number of ketones is 1. The van der Waals surface area contributed by atoms with E-state index < -0.39 is 17.9 Å². The molecule has 2 aliphatic heterocycles. The molecule has 3 aromatic heterocycles. The lowest BCUT2D eigenvalue weighted by Gasteiger charge is -2.25. The van der Waals surface area contributed by atoms with Gasteiger partial charge in [0.1, 0.15) is 5.92 Å². The first-order valence-corrected chi connectivity index (χ1v) is 24.5. The molecule has 0 aromatic carbocycles. The van der Waals surface area contributed by atoms with E-state index in [-0.39, 0.29) is 37.1 Å². The first kappa shape index (κ1) is 49.8. The van der Waals surface area contributed by atoms with Gasteiger partial charge in [0.2, 0.25) is 0 Å². The summed E-state index contributed by atoms with van der Waals surface area (Å²) in [5.41, 5.74) is 11.9. The topological polar surface area (TPSA) is 152 Å². The van der Waals surface area contributed by atoms with Crippen molar-refractivity contribution in [2.24, 2.45) is 35.5 Å². The summed E-state index contributed by atoms with van der Waals surface area (Å²) in [5, 5.41) is 28.1. The number of allylic oxidation sites excluding steroid dienone is 3. The molecule has 1 aliphatic carbocycles. The summed E-state index contributed by atoms with van der Waals surface area (Å²) >= 11 is 0. The van der Waals surface area contributed by atoms with Crippen LogP contribution < -0.4 is 16.0 Å². The summed E-state index contributed by atoms with van der Waals surface area (Å²) in [5.74, 6) is -2.79. The van der Waals surface area contributed by atoms with E-state index in [1.165, 1.54) is 63.2 Å². The Kier molecular flexibility index (Phi) is 16.3. The summed E-state index contributed by atoms with van der Waals surface area (Å²) < 4.78 is 11.0. The van der Waals surface area contributed by atoms with E-state index in [1.807, 2.05) is 19.1 Å². The molecule has 3 aromatic rings. The fourth-order valence-electron chi connectivity index (χ4n) is 10.5. The predicted molar refractivity (Wildman–Crippen MR) is 264 cm³/mol. The van der Waals surface area contributed by atoms with Gasteiger partial charge in [-0.25, -0.2) is 0 Å². The van der Waals surface area contributed by atoms with E-state index in [9.17, 15) is 19.8 Å². The molecular formula is C55H78N4O6. The lowest BCUT2D eigenvalue weighted by molar-refractivity contribution is -0.337. The van der Waals surface area contributed by atoms with Crippen LogP contribution >= 0.6 is 0 Å². The molecule has 5 heterocycles. The fraction of sp³-hybridized carbons (Fsp3) is 0.564. The molecule has 6 rings (SSSR count). The number of hydrogen-bond donors (Lipinski definition) is 6. The molecule has 0 radical (unpaired) electrons. The second-order valence-corrected chi connectivity index (χ2v) is 20.1. The highest BCUT2D eigenvalue weighted by Crippen LogP contribution is 2.48. The van der Waals surface area contributed by atoms with E-state index in [1.54, 1.807) is 0 Å². The molecule has 354 valence electrons. The van der Waals surface area contributed by atoms with E-state index in [0.717, 1.165) is 86.8 Å². The summed E-state index contributed by atoms with van der Waals surface area (Å²) in [6.45, 7) is 26.0. The molecule has 6 N–H and O–H groups in total. The zero-order chi connectivity index (χ0) is 47.3. The molecule has 5 atom stereocenters. The van der Waals surface area contributed by atoms with Crippen LogP contribution in [-0.4, -0.2) is 56.6 Å². The van der Waals surface area contributed by atoms with Crippen molar-refractivity contribution in [3.63, 3.8) is 0 Å². The predicted octanol–water partition coefficient (Wildman–Crippen LogP) is 10.2. The van der Waals surface area contributed by atoms with Gasteiger partial charge in [-0.15, -0.1) is 0 Å². The largest absolute Gasteiger partial charge is 0.468 e. The number of esters is 1. The molecule has 0 unspecified atom stereocenters. The van der Waals surface area contributed by atoms with E-state index in [0.29, 0.717) is 28.4 Å². The number of Topliss-reactive ketones (excluding diaryl/α,β-unsaturated/α-hetero) is 1. The average molecular weight is 891 g/mol. The maximum Gasteiger partial charge on any atom is 0.321 e. The Morgan fingerprint density at radius 2 is 1.52 bits per heavy atom. The lowest BCUT2D eigenvalue weighted by atomic mass is 9.84. The number of aromatic amines is 3. The Morgan fingerprint density at radius 1 is 0.877 bits per heavy atom. The zero-order valence-electron chi connectivity index (χ0n) is 41.3. The Hall–Kier alpha value is -4.64. The number of hydrogen-bond acceptors (Lipinski definition) is 7. The van der Waals surface area contributed by atoms with Crippen LogP contribution in [0.5, 0.6) is 0 Å². The van der Waals surface area contributed by atoms with Gasteiger partial charge in [-0.2, -0.15) is 0 Å². The SMILES string of the molecule is C=Cc1c2[nH]c(c1C)/C=C1\N/C(=C3\c4[nH]c(c(C)c4C(=O)[C@@H]3C(=O)OC)/C=c3\[nH]/c(c(C)c3CC)=C\2)[C@@H](CCC(O)(O)OC/C=C(/C)CCC[C@H](C)CCC[C@H](C)CCCC(C)C)[C@@H]1C. The number of methoxy groups -OCH3 is 1. The minimum Gasteiger partial charge on any atom is -0.468 e. The van der Waals surface area contributed by atoms with Crippen molar-refractivity contribution in [2.75, 3.05) is 13.7 Å². The van der Waals surface area contributed by atoms with Crippen molar-refractivity contribution in [1.29, 1.82) is 0 Å². The number of carbonyl (C=O) groups is 2. The van der Waals surface area contributed by atoms with Crippen molar-refractivity contribution in [3.8, 4) is 0 Å². The monoisotopic (exact) mass is 891 g/mol. The van der Waals surface area contributed by atoms with Gasteiger partial charge in [0, 0.05) is 74.1 Å². The number of H-pyrrole nitrogens is 3. The maximum absolute atomic E-state index is 14.4. The minimum atomic E-state index is -2.40. The number of aromatic nitrogens is 3. The Bertz CT molecular complexity index is 2450. The van der Waals surface area contributed by atoms with Crippen LogP contribution in [0.25, 0.3) is 29.9 Å². The van der Waals surface area contributed by atoms with Crippen molar-refractivity contribution in [3.05, 3.63) is 96.5 Å². The number of aliphatic hydroxyl groups is 2. The third-order valence-electron chi connectivity index (χ3n) is 14.7. The van der Waals surface area contributed by atoms with Crippen LogP contribution in [0.3, 0.4) is 0 Å². The Balaban J connectivity index is 1.23. The molecular weight excluding hydrogens is 813 g/mol.